The van der Waals surface area contributed by atoms with Crippen molar-refractivity contribution in [1.29, 1.82) is 0 Å². The zero-order valence-electron chi connectivity index (χ0n) is 13.9. The fraction of sp³-hybridized carbons (Fsp3) is 0.263. The van der Waals surface area contributed by atoms with Gasteiger partial charge in [0.15, 0.2) is 17.8 Å². The lowest BCUT2D eigenvalue weighted by Gasteiger charge is -2.20. The molecule has 0 bridgehead atoms. The van der Waals surface area contributed by atoms with Gasteiger partial charge >= 0.3 is 6.18 Å². The zero-order valence-corrected chi connectivity index (χ0v) is 13.9. The van der Waals surface area contributed by atoms with E-state index in [9.17, 15) is 13.2 Å². The number of ether oxygens (including phenoxy) is 1. The number of hydrogen-bond donors (Lipinski definition) is 1. The molecule has 0 fully saturated rings. The fourth-order valence-electron chi connectivity index (χ4n) is 2.58. The molecule has 0 aliphatic carbocycles. The Balaban J connectivity index is 1.59. The monoisotopic (exact) mass is 361 g/mol. The topological polar surface area (TPSA) is 50.8 Å². The largest absolute Gasteiger partial charge is 0.418 e. The molecule has 0 saturated heterocycles. The van der Waals surface area contributed by atoms with Crippen molar-refractivity contribution in [2.75, 3.05) is 0 Å². The lowest BCUT2D eigenvalue weighted by Crippen LogP contribution is -2.23. The van der Waals surface area contributed by atoms with Crippen molar-refractivity contribution < 1.29 is 17.9 Å². The van der Waals surface area contributed by atoms with Gasteiger partial charge in [-0.3, -0.25) is 5.10 Å². The van der Waals surface area contributed by atoms with Crippen LogP contribution in [0.15, 0.2) is 60.7 Å². The lowest BCUT2D eigenvalue weighted by molar-refractivity contribution is -0.227. The first-order chi connectivity index (χ1) is 12.5. The Hall–Kier alpha value is -2.67. The van der Waals surface area contributed by atoms with Crippen molar-refractivity contribution in [3.63, 3.8) is 0 Å². The average molecular weight is 361 g/mol. The summed E-state index contributed by atoms with van der Waals surface area (Å²) in [6.45, 7) is -0.294. The number of nitrogens with one attached hydrogen (secondary N) is 1. The molecule has 26 heavy (non-hydrogen) atoms. The van der Waals surface area contributed by atoms with Crippen molar-refractivity contribution in [3.8, 4) is 0 Å². The molecule has 1 aromatic heterocycles. The first kappa shape index (κ1) is 18.1. The van der Waals surface area contributed by atoms with E-state index >= 15 is 0 Å². The van der Waals surface area contributed by atoms with Crippen LogP contribution in [-0.4, -0.2) is 21.4 Å². The Morgan fingerprint density at radius 3 is 2.23 bits per heavy atom. The van der Waals surface area contributed by atoms with Crippen LogP contribution >= 0.6 is 0 Å². The molecule has 0 aliphatic rings. The second-order valence-electron chi connectivity index (χ2n) is 5.83. The van der Waals surface area contributed by atoms with Gasteiger partial charge in [-0.25, -0.2) is 4.98 Å². The van der Waals surface area contributed by atoms with E-state index in [0.29, 0.717) is 12.2 Å². The summed E-state index contributed by atoms with van der Waals surface area (Å²) in [5, 5.41) is 6.69. The minimum atomic E-state index is -4.50. The molecule has 0 amide bonds. The molecule has 1 heterocycles. The van der Waals surface area contributed by atoms with Gasteiger partial charge in [-0.1, -0.05) is 60.7 Å². The molecular formula is C19H18F3N3O. The maximum absolute atomic E-state index is 13.3. The fourth-order valence-corrected chi connectivity index (χ4v) is 2.58. The predicted molar refractivity (Wildman–Crippen MR) is 90.3 cm³/mol. The molecule has 0 spiro atoms. The summed E-state index contributed by atoms with van der Waals surface area (Å²) in [5.74, 6) is 0.828. The second-order valence-corrected chi connectivity index (χ2v) is 5.83. The first-order valence-corrected chi connectivity index (χ1v) is 8.20. The number of rotatable bonds is 7. The number of H-pyrrole nitrogens is 1. The van der Waals surface area contributed by atoms with E-state index in [1.807, 2.05) is 30.3 Å². The maximum atomic E-state index is 13.3. The number of nitrogens with zero attached hydrogens (tertiary/aromatic N) is 2. The van der Waals surface area contributed by atoms with Gasteiger partial charge in [-0.05, 0) is 17.5 Å². The standard InChI is InChI=1S/C19H18F3N3O/c20-19(21,22)18(15-9-5-2-6-10-15)26-13-17-23-16(24-25-17)12-11-14-7-3-1-4-8-14/h1-10,18H,11-13H2,(H,23,24,25)/t18-/m1/s1. The molecular weight excluding hydrogens is 343 g/mol. The van der Waals surface area contributed by atoms with Crippen LogP contribution in [0.4, 0.5) is 13.2 Å². The Morgan fingerprint density at radius 1 is 0.923 bits per heavy atom. The van der Waals surface area contributed by atoms with Gasteiger partial charge in [0, 0.05) is 6.42 Å². The summed E-state index contributed by atoms with van der Waals surface area (Å²) in [4.78, 5) is 4.21. The van der Waals surface area contributed by atoms with E-state index in [2.05, 4.69) is 15.2 Å². The molecule has 3 rings (SSSR count). The second kappa shape index (κ2) is 8.14. The Labute approximate surface area is 149 Å². The van der Waals surface area contributed by atoms with Gasteiger partial charge in [0.2, 0.25) is 0 Å². The summed E-state index contributed by atoms with van der Waals surface area (Å²) in [5.41, 5.74) is 1.21. The predicted octanol–water partition coefficient (Wildman–Crippen LogP) is 4.41. The first-order valence-electron chi connectivity index (χ1n) is 8.20. The van der Waals surface area contributed by atoms with Crippen LogP contribution in [0.1, 0.15) is 28.9 Å². The summed E-state index contributed by atoms with van der Waals surface area (Å²) in [6.07, 6.45) is -5.14. The van der Waals surface area contributed by atoms with Crippen molar-refractivity contribution in [2.45, 2.75) is 31.7 Å². The van der Waals surface area contributed by atoms with E-state index in [0.717, 1.165) is 12.0 Å². The summed E-state index contributed by atoms with van der Waals surface area (Å²) < 4.78 is 44.8. The number of aromatic nitrogens is 3. The highest BCUT2D eigenvalue weighted by Crippen LogP contribution is 2.36. The van der Waals surface area contributed by atoms with Crippen molar-refractivity contribution >= 4 is 0 Å². The molecule has 2 aromatic carbocycles. The van der Waals surface area contributed by atoms with Crippen LogP contribution in [0.25, 0.3) is 0 Å². The molecule has 0 saturated carbocycles. The molecule has 0 aliphatic heterocycles. The minimum Gasteiger partial charge on any atom is -0.356 e. The molecule has 1 atom stereocenters. The van der Waals surface area contributed by atoms with Crippen molar-refractivity contribution in [3.05, 3.63) is 83.4 Å². The van der Waals surface area contributed by atoms with Gasteiger partial charge in [0.05, 0.1) is 0 Å². The van der Waals surface area contributed by atoms with Gasteiger partial charge < -0.3 is 4.74 Å². The number of hydrogen-bond acceptors (Lipinski definition) is 3. The normalized spacial score (nSPS) is 12.9. The van der Waals surface area contributed by atoms with Gasteiger partial charge in [0.25, 0.3) is 0 Å². The number of benzene rings is 2. The van der Waals surface area contributed by atoms with Crippen LogP contribution in [-0.2, 0) is 24.2 Å². The van der Waals surface area contributed by atoms with Crippen molar-refractivity contribution in [2.24, 2.45) is 0 Å². The minimum absolute atomic E-state index is 0.0591. The van der Waals surface area contributed by atoms with Crippen LogP contribution in [0.5, 0.6) is 0 Å². The molecule has 0 unspecified atom stereocenters. The van der Waals surface area contributed by atoms with Crippen LogP contribution < -0.4 is 0 Å². The molecule has 0 radical (unpaired) electrons. The van der Waals surface area contributed by atoms with E-state index in [1.54, 1.807) is 18.2 Å². The SMILES string of the molecule is FC(F)(F)[C@H](OCc1nc(CCc2ccccc2)n[nH]1)c1ccccc1. The van der Waals surface area contributed by atoms with E-state index in [1.165, 1.54) is 12.1 Å². The number of halogens is 3. The Kier molecular flexibility index (Phi) is 5.68. The van der Waals surface area contributed by atoms with Crippen molar-refractivity contribution in [1.82, 2.24) is 15.2 Å². The highest BCUT2D eigenvalue weighted by Gasteiger charge is 2.41. The quantitative estimate of drug-likeness (QED) is 0.678. The lowest BCUT2D eigenvalue weighted by atomic mass is 10.1. The number of aryl methyl sites for hydroxylation is 2. The number of aromatic amines is 1. The van der Waals surface area contributed by atoms with Gasteiger partial charge in [0.1, 0.15) is 6.61 Å². The Bertz CT molecular complexity index is 804. The summed E-state index contributed by atoms with van der Waals surface area (Å²) in [7, 11) is 0. The zero-order chi connectivity index (χ0) is 18.4. The molecule has 7 heteroatoms. The van der Waals surface area contributed by atoms with E-state index < -0.39 is 12.3 Å². The van der Waals surface area contributed by atoms with Gasteiger partial charge in [-0.15, -0.1) is 0 Å². The third kappa shape index (κ3) is 4.92. The van der Waals surface area contributed by atoms with E-state index in [4.69, 9.17) is 4.74 Å². The summed E-state index contributed by atoms with van der Waals surface area (Å²) in [6, 6.07) is 17.4. The molecule has 4 nitrogen and oxygen atoms in total. The number of alkyl halides is 3. The van der Waals surface area contributed by atoms with Crippen LogP contribution in [0, 0.1) is 0 Å². The molecule has 1 N–H and O–H groups in total. The highest BCUT2D eigenvalue weighted by molar-refractivity contribution is 5.19. The molecule has 136 valence electrons. The third-order valence-corrected chi connectivity index (χ3v) is 3.84. The van der Waals surface area contributed by atoms with Gasteiger partial charge in [-0.2, -0.15) is 18.3 Å². The maximum Gasteiger partial charge on any atom is 0.418 e. The Morgan fingerprint density at radius 2 is 1.58 bits per heavy atom. The summed E-state index contributed by atoms with van der Waals surface area (Å²) >= 11 is 0. The molecule has 3 aromatic rings. The highest BCUT2D eigenvalue weighted by atomic mass is 19.4. The van der Waals surface area contributed by atoms with E-state index in [-0.39, 0.29) is 18.0 Å². The third-order valence-electron chi connectivity index (χ3n) is 3.84. The van der Waals surface area contributed by atoms with Crippen LogP contribution in [0.3, 0.4) is 0 Å². The van der Waals surface area contributed by atoms with Crippen LogP contribution in [0.2, 0.25) is 0 Å². The smallest absolute Gasteiger partial charge is 0.356 e. The average Bonchev–Trinajstić information content (AvgIpc) is 3.09.